The Morgan fingerprint density at radius 2 is 2.00 bits per heavy atom. The molecule has 0 aromatic carbocycles. The fourth-order valence-corrected chi connectivity index (χ4v) is 3.55. The predicted octanol–water partition coefficient (Wildman–Crippen LogP) is 2.82. The van der Waals surface area contributed by atoms with Crippen LogP contribution in [0.4, 0.5) is 0 Å². The lowest BCUT2D eigenvalue weighted by atomic mass is 10.3. The van der Waals surface area contributed by atoms with E-state index in [-0.39, 0.29) is 17.7 Å². The monoisotopic (exact) mass is 432 g/mol. The maximum absolute atomic E-state index is 11.9. The molecule has 0 aliphatic carbocycles. The third kappa shape index (κ3) is 5.47. The Morgan fingerprint density at radius 3 is 2.54 bits per heavy atom. The van der Waals surface area contributed by atoms with Gasteiger partial charge in [0.05, 0.1) is 0 Å². The lowest BCUT2D eigenvalue weighted by Crippen LogP contribution is -2.22. The van der Waals surface area contributed by atoms with Crippen LogP contribution in [0.25, 0.3) is 11.5 Å². The molecule has 0 atom stereocenters. The van der Waals surface area contributed by atoms with Crippen LogP contribution in [-0.2, 0) is 21.3 Å². The molecule has 24 heavy (non-hydrogen) atoms. The summed E-state index contributed by atoms with van der Waals surface area (Å²) in [4.78, 5) is 8.32. The van der Waals surface area contributed by atoms with Crippen LogP contribution >= 0.6 is 15.9 Å². The molecule has 0 spiro atoms. The first kappa shape index (κ1) is 19.2. The standard InChI is InChI=1S/C14H21BrN4O3SSi/c1-23(20,21)14-17-13(12-6-5-11(15)9-16-12)18-19(14)10-22-7-8-24(2,3)4/h5-6,9H,7-8,10H2,1-4H3. The summed E-state index contributed by atoms with van der Waals surface area (Å²) >= 11 is 3.31. The average Bonchev–Trinajstić information content (AvgIpc) is 2.88. The molecule has 2 rings (SSSR count). The van der Waals surface area contributed by atoms with Crippen LogP contribution in [-0.4, -0.2) is 49.1 Å². The summed E-state index contributed by atoms with van der Waals surface area (Å²) in [5.74, 6) is 0.261. The average molecular weight is 433 g/mol. The number of nitrogens with zero attached hydrogens (tertiary/aromatic N) is 4. The Kier molecular flexibility index (Phi) is 5.94. The molecule has 2 heterocycles. The second kappa shape index (κ2) is 7.42. The van der Waals surface area contributed by atoms with Crippen molar-refractivity contribution < 1.29 is 13.2 Å². The van der Waals surface area contributed by atoms with Crippen molar-refractivity contribution in [2.45, 2.75) is 37.6 Å². The molecule has 0 aliphatic rings. The van der Waals surface area contributed by atoms with Crippen LogP contribution in [0.15, 0.2) is 28.0 Å². The minimum atomic E-state index is -3.51. The van der Waals surface area contributed by atoms with E-state index >= 15 is 0 Å². The molecule has 0 bridgehead atoms. The number of hydrogen-bond acceptors (Lipinski definition) is 6. The first-order valence-electron chi connectivity index (χ1n) is 7.41. The molecule has 2 aromatic heterocycles. The summed E-state index contributed by atoms with van der Waals surface area (Å²) in [6.07, 6.45) is 2.72. The highest BCUT2D eigenvalue weighted by Crippen LogP contribution is 2.18. The summed E-state index contributed by atoms with van der Waals surface area (Å²) in [7, 11) is -4.71. The van der Waals surface area contributed by atoms with E-state index in [0.29, 0.717) is 12.3 Å². The van der Waals surface area contributed by atoms with Crippen molar-refractivity contribution in [1.82, 2.24) is 19.7 Å². The molecule has 0 aliphatic heterocycles. The Bertz CT molecular complexity index is 800. The largest absolute Gasteiger partial charge is 0.359 e. The van der Waals surface area contributed by atoms with Crippen molar-refractivity contribution in [1.29, 1.82) is 0 Å². The molecule has 0 saturated heterocycles. The summed E-state index contributed by atoms with van der Waals surface area (Å²) in [6.45, 7) is 7.39. The molecule has 0 saturated carbocycles. The van der Waals surface area contributed by atoms with Crippen molar-refractivity contribution >= 4 is 33.8 Å². The van der Waals surface area contributed by atoms with Crippen molar-refractivity contribution in [3.05, 3.63) is 22.8 Å². The van der Waals surface area contributed by atoms with Gasteiger partial charge in [0.15, 0.2) is 0 Å². The second-order valence-electron chi connectivity index (χ2n) is 6.70. The van der Waals surface area contributed by atoms with Gasteiger partial charge in [-0.3, -0.25) is 4.98 Å². The van der Waals surface area contributed by atoms with E-state index in [1.807, 2.05) is 0 Å². The molecule has 132 valence electrons. The first-order valence-corrected chi connectivity index (χ1v) is 13.8. The van der Waals surface area contributed by atoms with Crippen LogP contribution in [0.3, 0.4) is 0 Å². The zero-order valence-electron chi connectivity index (χ0n) is 14.2. The Morgan fingerprint density at radius 1 is 1.29 bits per heavy atom. The predicted molar refractivity (Wildman–Crippen MR) is 98.2 cm³/mol. The maximum Gasteiger partial charge on any atom is 0.248 e. The minimum Gasteiger partial charge on any atom is -0.359 e. The smallest absolute Gasteiger partial charge is 0.248 e. The number of halogens is 1. The molecule has 0 unspecified atom stereocenters. The normalized spacial score (nSPS) is 12.5. The van der Waals surface area contributed by atoms with E-state index in [0.717, 1.165) is 16.8 Å². The molecule has 7 nitrogen and oxygen atoms in total. The third-order valence-electron chi connectivity index (χ3n) is 3.14. The Balaban J connectivity index is 2.21. The van der Waals surface area contributed by atoms with Gasteiger partial charge in [-0.05, 0) is 34.1 Å². The fraction of sp³-hybridized carbons (Fsp3) is 0.500. The number of aromatic nitrogens is 4. The van der Waals surface area contributed by atoms with E-state index in [2.05, 4.69) is 50.6 Å². The zero-order valence-corrected chi connectivity index (χ0v) is 17.6. The molecule has 0 fully saturated rings. The highest BCUT2D eigenvalue weighted by atomic mass is 79.9. The lowest BCUT2D eigenvalue weighted by molar-refractivity contribution is 0.0715. The number of sulfone groups is 1. The fourth-order valence-electron chi connectivity index (χ4n) is 1.83. The summed E-state index contributed by atoms with van der Waals surface area (Å²) in [5.41, 5.74) is 0.504. The molecule has 10 heteroatoms. The SMILES string of the molecule is C[Si](C)(C)CCOCn1nc(-c2ccc(Br)cn2)nc1S(C)(=O)=O. The van der Waals surface area contributed by atoms with E-state index in [1.54, 1.807) is 18.3 Å². The van der Waals surface area contributed by atoms with Gasteiger partial charge in [0.25, 0.3) is 0 Å². The third-order valence-corrected chi connectivity index (χ3v) is 6.27. The molecule has 0 radical (unpaired) electrons. The molecular formula is C14H21BrN4O3SSi. The highest BCUT2D eigenvalue weighted by Gasteiger charge is 2.21. The summed E-state index contributed by atoms with van der Waals surface area (Å²) < 4.78 is 31.6. The van der Waals surface area contributed by atoms with Crippen LogP contribution in [0.2, 0.25) is 25.7 Å². The van der Waals surface area contributed by atoms with E-state index in [9.17, 15) is 8.42 Å². The van der Waals surface area contributed by atoms with Gasteiger partial charge in [0.2, 0.25) is 20.8 Å². The van der Waals surface area contributed by atoms with E-state index < -0.39 is 17.9 Å². The topological polar surface area (TPSA) is 87.0 Å². The van der Waals surface area contributed by atoms with Gasteiger partial charge < -0.3 is 4.74 Å². The second-order valence-corrected chi connectivity index (χ2v) is 15.1. The number of hydrogen-bond donors (Lipinski definition) is 0. The molecule has 0 amide bonds. The van der Waals surface area contributed by atoms with Gasteiger partial charge >= 0.3 is 0 Å². The number of ether oxygens (including phenoxy) is 1. The van der Waals surface area contributed by atoms with Crippen molar-refractivity contribution in [2.24, 2.45) is 0 Å². The van der Waals surface area contributed by atoms with Crippen molar-refractivity contribution in [3.8, 4) is 11.5 Å². The number of pyridine rings is 1. The van der Waals surface area contributed by atoms with Crippen molar-refractivity contribution in [2.75, 3.05) is 12.9 Å². The van der Waals surface area contributed by atoms with Crippen LogP contribution in [0.1, 0.15) is 0 Å². The summed E-state index contributed by atoms with van der Waals surface area (Å²) in [6, 6.07) is 4.52. The minimum absolute atomic E-state index is 0.0520. The molecule has 2 aromatic rings. The first-order chi connectivity index (χ1) is 11.1. The van der Waals surface area contributed by atoms with Crippen molar-refractivity contribution in [3.63, 3.8) is 0 Å². The lowest BCUT2D eigenvalue weighted by Gasteiger charge is -2.15. The summed E-state index contributed by atoms with van der Waals surface area (Å²) in [5, 5.41) is 4.13. The molecule has 0 N–H and O–H groups in total. The quantitative estimate of drug-likeness (QED) is 0.493. The highest BCUT2D eigenvalue weighted by molar-refractivity contribution is 9.10. The Hall–Kier alpha value is -1.10. The number of rotatable bonds is 7. The van der Waals surface area contributed by atoms with Crippen LogP contribution in [0, 0.1) is 0 Å². The van der Waals surface area contributed by atoms with Gasteiger partial charge in [0.1, 0.15) is 12.4 Å². The van der Waals surface area contributed by atoms with Crippen LogP contribution in [0.5, 0.6) is 0 Å². The van der Waals surface area contributed by atoms with Gasteiger partial charge in [-0.1, -0.05) is 19.6 Å². The zero-order chi connectivity index (χ0) is 18.0. The van der Waals surface area contributed by atoms with Gasteiger partial charge in [0, 0.05) is 31.6 Å². The van der Waals surface area contributed by atoms with Gasteiger partial charge in [-0.2, -0.15) is 4.98 Å². The van der Waals surface area contributed by atoms with Crippen LogP contribution < -0.4 is 0 Å². The maximum atomic E-state index is 11.9. The van der Waals surface area contributed by atoms with Gasteiger partial charge in [-0.15, -0.1) is 5.10 Å². The van der Waals surface area contributed by atoms with E-state index in [1.165, 1.54) is 4.68 Å². The Labute approximate surface area is 151 Å². The van der Waals surface area contributed by atoms with Gasteiger partial charge in [-0.25, -0.2) is 13.1 Å². The molecular weight excluding hydrogens is 412 g/mol. The van der Waals surface area contributed by atoms with E-state index in [4.69, 9.17) is 4.74 Å².